The van der Waals surface area contributed by atoms with Crippen LogP contribution in [0.2, 0.25) is 0 Å². The standard InChI is InChI=1S/C13H13FN6/c1-19-16-8-13(18-19)15-6-10-7-17-20(9-10)12-4-2-11(14)3-5-12/h2-5,7-9H,6H2,1H3,(H,15,18). The maximum absolute atomic E-state index is 12.9. The Bertz CT molecular complexity index is 700. The van der Waals surface area contributed by atoms with E-state index in [9.17, 15) is 4.39 Å². The van der Waals surface area contributed by atoms with E-state index in [0.29, 0.717) is 12.4 Å². The van der Waals surface area contributed by atoms with Gasteiger partial charge in [0.05, 0.1) is 18.1 Å². The smallest absolute Gasteiger partial charge is 0.168 e. The Balaban J connectivity index is 1.69. The summed E-state index contributed by atoms with van der Waals surface area (Å²) < 4.78 is 14.6. The van der Waals surface area contributed by atoms with E-state index in [1.165, 1.54) is 16.9 Å². The monoisotopic (exact) mass is 272 g/mol. The summed E-state index contributed by atoms with van der Waals surface area (Å²) in [5.41, 5.74) is 1.82. The molecule has 3 rings (SSSR count). The van der Waals surface area contributed by atoms with E-state index in [0.717, 1.165) is 11.3 Å². The summed E-state index contributed by atoms with van der Waals surface area (Å²) in [6, 6.07) is 6.19. The maximum atomic E-state index is 12.9. The number of benzene rings is 1. The van der Waals surface area contributed by atoms with Gasteiger partial charge in [-0.2, -0.15) is 15.0 Å². The maximum Gasteiger partial charge on any atom is 0.168 e. The van der Waals surface area contributed by atoms with Crippen LogP contribution in [0.4, 0.5) is 10.2 Å². The lowest BCUT2D eigenvalue weighted by Crippen LogP contribution is -2.00. The van der Waals surface area contributed by atoms with Crippen molar-refractivity contribution < 1.29 is 4.39 Å². The van der Waals surface area contributed by atoms with Gasteiger partial charge in [-0.1, -0.05) is 0 Å². The Kier molecular flexibility index (Phi) is 3.16. The molecule has 0 saturated carbocycles. The molecular weight excluding hydrogens is 259 g/mol. The van der Waals surface area contributed by atoms with E-state index in [4.69, 9.17) is 0 Å². The van der Waals surface area contributed by atoms with Gasteiger partial charge in [0.1, 0.15) is 5.82 Å². The second kappa shape index (κ2) is 5.12. The topological polar surface area (TPSA) is 60.6 Å². The number of nitrogens with zero attached hydrogens (tertiary/aromatic N) is 5. The molecule has 0 bridgehead atoms. The molecule has 0 unspecified atom stereocenters. The van der Waals surface area contributed by atoms with Gasteiger partial charge in [0.2, 0.25) is 0 Å². The number of anilines is 1. The molecule has 0 aliphatic heterocycles. The van der Waals surface area contributed by atoms with Crippen molar-refractivity contribution in [1.82, 2.24) is 24.8 Å². The summed E-state index contributed by atoms with van der Waals surface area (Å²) in [5.74, 6) is 0.451. The second-order valence-corrected chi connectivity index (χ2v) is 4.34. The highest BCUT2D eigenvalue weighted by molar-refractivity contribution is 5.33. The van der Waals surface area contributed by atoms with Crippen LogP contribution in [0.3, 0.4) is 0 Å². The number of aryl methyl sites for hydroxylation is 1. The van der Waals surface area contributed by atoms with Crippen molar-refractivity contribution in [3.63, 3.8) is 0 Å². The van der Waals surface area contributed by atoms with E-state index < -0.39 is 0 Å². The van der Waals surface area contributed by atoms with Gasteiger partial charge in [-0.25, -0.2) is 9.07 Å². The second-order valence-electron chi connectivity index (χ2n) is 4.34. The van der Waals surface area contributed by atoms with Crippen LogP contribution in [-0.2, 0) is 13.6 Å². The quantitative estimate of drug-likeness (QED) is 0.786. The lowest BCUT2D eigenvalue weighted by molar-refractivity contribution is 0.627. The Hall–Kier alpha value is -2.70. The van der Waals surface area contributed by atoms with Crippen LogP contribution in [0.25, 0.3) is 5.69 Å². The summed E-state index contributed by atoms with van der Waals surface area (Å²) in [5, 5.41) is 15.5. The Morgan fingerprint density at radius 1 is 1.15 bits per heavy atom. The molecule has 3 aromatic rings. The molecule has 0 spiro atoms. The molecule has 6 nitrogen and oxygen atoms in total. The third kappa shape index (κ3) is 2.66. The lowest BCUT2D eigenvalue weighted by Gasteiger charge is -2.00. The minimum Gasteiger partial charge on any atom is -0.363 e. The zero-order chi connectivity index (χ0) is 13.9. The molecule has 0 atom stereocenters. The Labute approximate surface area is 114 Å². The van der Waals surface area contributed by atoms with Gasteiger partial charge in [-0.3, -0.25) is 0 Å². The molecule has 0 amide bonds. The van der Waals surface area contributed by atoms with Crippen LogP contribution < -0.4 is 5.32 Å². The first-order valence-electron chi connectivity index (χ1n) is 6.10. The molecule has 1 N–H and O–H groups in total. The zero-order valence-corrected chi connectivity index (χ0v) is 10.9. The van der Waals surface area contributed by atoms with E-state index in [-0.39, 0.29) is 5.82 Å². The van der Waals surface area contributed by atoms with Crippen LogP contribution in [0.15, 0.2) is 42.9 Å². The van der Waals surface area contributed by atoms with Crippen LogP contribution in [0.1, 0.15) is 5.56 Å². The number of halogens is 1. The van der Waals surface area contributed by atoms with Crippen molar-refractivity contribution in [2.75, 3.05) is 5.32 Å². The summed E-state index contributed by atoms with van der Waals surface area (Å²) >= 11 is 0. The highest BCUT2D eigenvalue weighted by Gasteiger charge is 2.03. The number of hydrogen-bond donors (Lipinski definition) is 1. The number of aromatic nitrogens is 5. The highest BCUT2D eigenvalue weighted by Crippen LogP contribution is 2.10. The first kappa shape index (κ1) is 12.3. The predicted molar refractivity (Wildman–Crippen MR) is 71.9 cm³/mol. The molecule has 0 radical (unpaired) electrons. The van der Waals surface area contributed by atoms with Crippen molar-refractivity contribution >= 4 is 5.82 Å². The fourth-order valence-corrected chi connectivity index (χ4v) is 1.81. The van der Waals surface area contributed by atoms with E-state index in [2.05, 4.69) is 20.6 Å². The number of hydrogen-bond acceptors (Lipinski definition) is 4. The van der Waals surface area contributed by atoms with Crippen molar-refractivity contribution in [3.05, 3.63) is 54.2 Å². The first-order valence-corrected chi connectivity index (χ1v) is 6.10. The van der Waals surface area contributed by atoms with Gasteiger partial charge < -0.3 is 5.32 Å². The van der Waals surface area contributed by atoms with Crippen LogP contribution in [0, 0.1) is 5.82 Å². The Morgan fingerprint density at radius 3 is 2.65 bits per heavy atom. The molecular formula is C13H13FN6. The zero-order valence-electron chi connectivity index (χ0n) is 10.9. The van der Waals surface area contributed by atoms with Crippen molar-refractivity contribution in [3.8, 4) is 5.69 Å². The van der Waals surface area contributed by atoms with Crippen LogP contribution in [-0.4, -0.2) is 24.8 Å². The fourth-order valence-electron chi connectivity index (χ4n) is 1.81. The van der Waals surface area contributed by atoms with Gasteiger partial charge >= 0.3 is 0 Å². The largest absolute Gasteiger partial charge is 0.363 e. The third-order valence-corrected chi connectivity index (χ3v) is 2.80. The normalized spacial score (nSPS) is 10.7. The third-order valence-electron chi connectivity index (χ3n) is 2.80. The molecule has 102 valence electrons. The molecule has 0 fully saturated rings. The average Bonchev–Trinajstić information content (AvgIpc) is 3.06. The van der Waals surface area contributed by atoms with Gasteiger partial charge in [-0.05, 0) is 24.3 Å². The highest BCUT2D eigenvalue weighted by atomic mass is 19.1. The molecule has 7 heteroatoms. The average molecular weight is 272 g/mol. The van der Waals surface area contributed by atoms with Crippen LogP contribution >= 0.6 is 0 Å². The summed E-state index contributed by atoms with van der Waals surface area (Å²) in [7, 11) is 1.76. The van der Waals surface area contributed by atoms with Crippen molar-refractivity contribution in [2.24, 2.45) is 7.05 Å². The van der Waals surface area contributed by atoms with Crippen molar-refractivity contribution in [1.29, 1.82) is 0 Å². The molecule has 0 aliphatic carbocycles. The minimum absolute atomic E-state index is 0.259. The molecule has 1 aromatic carbocycles. The van der Waals surface area contributed by atoms with E-state index in [1.54, 1.807) is 36.3 Å². The Morgan fingerprint density at radius 2 is 1.95 bits per heavy atom. The van der Waals surface area contributed by atoms with Crippen LogP contribution in [0.5, 0.6) is 0 Å². The number of nitrogens with one attached hydrogen (secondary N) is 1. The molecule has 0 saturated heterocycles. The molecule has 20 heavy (non-hydrogen) atoms. The summed E-state index contributed by atoms with van der Waals surface area (Å²) in [4.78, 5) is 1.49. The first-order chi connectivity index (χ1) is 9.70. The SMILES string of the molecule is Cn1ncc(NCc2cnn(-c3ccc(F)cc3)c2)n1. The molecule has 0 aliphatic rings. The van der Waals surface area contributed by atoms with Crippen molar-refractivity contribution in [2.45, 2.75) is 6.54 Å². The van der Waals surface area contributed by atoms with E-state index >= 15 is 0 Å². The summed E-state index contributed by atoms with van der Waals surface area (Å²) in [6.07, 6.45) is 5.30. The minimum atomic E-state index is -0.259. The van der Waals surface area contributed by atoms with Gasteiger partial charge in [-0.15, -0.1) is 5.10 Å². The molecule has 2 heterocycles. The molecule has 2 aromatic heterocycles. The van der Waals surface area contributed by atoms with E-state index in [1.807, 2.05) is 6.20 Å². The lowest BCUT2D eigenvalue weighted by atomic mass is 10.3. The predicted octanol–water partition coefficient (Wildman–Crippen LogP) is 1.75. The van der Waals surface area contributed by atoms with Gasteiger partial charge in [0.25, 0.3) is 0 Å². The fraction of sp³-hybridized carbons (Fsp3) is 0.154. The summed E-state index contributed by atoms with van der Waals surface area (Å²) in [6.45, 7) is 0.597. The number of rotatable bonds is 4. The van der Waals surface area contributed by atoms with Gasteiger partial charge in [0.15, 0.2) is 5.82 Å². The van der Waals surface area contributed by atoms with Gasteiger partial charge in [0, 0.05) is 25.4 Å².